The maximum Gasteiger partial charge on any atom is 0.250 e. The Bertz CT molecular complexity index is 1100. The largest absolute Gasteiger partial charge is 0.457 e. The van der Waals surface area contributed by atoms with Gasteiger partial charge >= 0.3 is 0 Å². The van der Waals surface area contributed by atoms with E-state index in [1.54, 1.807) is 6.08 Å². The van der Waals surface area contributed by atoms with Crippen molar-refractivity contribution in [2.24, 2.45) is 5.92 Å². The van der Waals surface area contributed by atoms with E-state index < -0.39 is 0 Å². The van der Waals surface area contributed by atoms with Gasteiger partial charge in [-0.05, 0) is 61.3 Å². The molecule has 5 nitrogen and oxygen atoms in total. The maximum atomic E-state index is 12.3. The van der Waals surface area contributed by atoms with Gasteiger partial charge in [-0.25, -0.2) is 0 Å². The quantitative estimate of drug-likeness (QED) is 0.389. The molecule has 164 valence electrons. The van der Waals surface area contributed by atoms with E-state index in [-0.39, 0.29) is 11.0 Å². The molecular weight excluding hydrogens is 418 g/mol. The van der Waals surface area contributed by atoms with Gasteiger partial charge in [-0.15, -0.1) is 0 Å². The summed E-state index contributed by atoms with van der Waals surface area (Å²) in [6.07, 6.45) is 5.41. The van der Waals surface area contributed by atoms with Crippen molar-refractivity contribution >= 4 is 40.7 Å². The van der Waals surface area contributed by atoms with Crippen molar-refractivity contribution < 1.29 is 9.21 Å². The molecular formula is C26H27N3O2S. The summed E-state index contributed by atoms with van der Waals surface area (Å²) in [5.41, 5.74) is 2.99. The van der Waals surface area contributed by atoms with Crippen molar-refractivity contribution in [1.29, 1.82) is 0 Å². The molecule has 4 rings (SSSR count). The Labute approximate surface area is 194 Å². The van der Waals surface area contributed by atoms with Crippen LogP contribution in [0.1, 0.15) is 25.5 Å². The molecule has 0 spiro atoms. The molecule has 1 aliphatic heterocycles. The third kappa shape index (κ3) is 5.65. The average Bonchev–Trinajstić information content (AvgIpc) is 3.28. The minimum absolute atomic E-state index is 0.266. The van der Waals surface area contributed by atoms with Crippen LogP contribution in [0.5, 0.6) is 0 Å². The fourth-order valence-electron chi connectivity index (χ4n) is 3.77. The van der Waals surface area contributed by atoms with E-state index in [4.69, 9.17) is 16.6 Å². The lowest BCUT2D eigenvalue weighted by Gasteiger charge is -2.33. The van der Waals surface area contributed by atoms with Gasteiger partial charge < -0.3 is 14.6 Å². The molecule has 32 heavy (non-hydrogen) atoms. The van der Waals surface area contributed by atoms with E-state index >= 15 is 0 Å². The molecule has 2 N–H and O–H groups in total. The number of carbonyl (C=O) groups is 1. The number of amides is 1. The average molecular weight is 446 g/mol. The number of hydrogen-bond donors (Lipinski definition) is 2. The number of rotatable bonds is 5. The predicted octanol–water partition coefficient (Wildman–Crippen LogP) is 5.71. The van der Waals surface area contributed by atoms with Crippen LogP contribution in [-0.2, 0) is 4.79 Å². The molecule has 3 aromatic rings. The minimum Gasteiger partial charge on any atom is -0.457 e. The Morgan fingerprint density at radius 3 is 2.53 bits per heavy atom. The van der Waals surface area contributed by atoms with E-state index in [9.17, 15) is 4.79 Å². The van der Waals surface area contributed by atoms with Gasteiger partial charge in [-0.2, -0.15) is 0 Å². The highest BCUT2D eigenvalue weighted by Gasteiger charge is 2.18. The molecule has 1 amide bonds. The molecule has 1 fully saturated rings. The van der Waals surface area contributed by atoms with Crippen LogP contribution in [0.25, 0.3) is 17.4 Å². The van der Waals surface area contributed by atoms with Crippen LogP contribution in [0.2, 0.25) is 0 Å². The molecule has 0 atom stereocenters. The Balaban J connectivity index is 1.34. The van der Waals surface area contributed by atoms with Crippen molar-refractivity contribution in [3.63, 3.8) is 0 Å². The van der Waals surface area contributed by atoms with E-state index in [1.165, 1.54) is 18.9 Å². The summed E-state index contributed by atoms with van der Waals surface area (Å²) in [6, 6.07) is 21.6. The van der Waals surface area contributed by atoms with Crippen LogP contribution in [0, 0.1) is 5.92 Å². The molecule has 2 aromatic carbocycles. The van der Waals surface area contributed by atoms with Crippen LogP contribution >= 0.6 is 12.2 Å². The lowest BCUT2D eigenvalue weighted by molar-refractivity contribution is -0.115. The summed E-state index contributed by atoms with van der Waals surface area (Å²) >= 11 is 5.37. The van der Waals surface area contributed by atoms with Crippen molar-refractivity contribution in [3.8, 4) is 11.3 Å². The van der Waals surface area contributed by atoms with Crippen molar-refractivity contribution in [2.75, 3.05) is 23.3 Å². The molecule has 0 radical (unpaired) electrons. The first-order valence-corrected chi connectivity index (χ1v) is 11.3. The fourth-order valence-corrected chi connectivity index (χ4v) is 3.98. The van der Waals surface area contributed by atoms with E-state index in [0.29, 0.717) is 5.76 Å². The second-order valence-corrected chi connectivity index (χ2v) is 8.44. The molecule has 2 heterocycles. The Morgan fingerprint density at radius 2 is 1.75 bits per heavy atom. The third-order valence-electron chi connectivity index (χ3n) is 5.60. The van der Waals surface area contributed by atoms with E-state index in [2.05, 4.69) is 28.5 Å². The second kappa shape index (κ2) is 10.3. The van der Waals surface area contributed by atoms with Crippen LogP contribution in [-0.4, -0.2) is 24.1 Å². The zero-order valence-corrected chi connectivity index (χ0v) is 18.9. The molecule has 0 bridgehead atoms. The molecule has 1 saturated heterocycles. The highest BCUT2D eigenvalue weighted by molar-refractivity contribution is 7.80. The van der Waals surface area contributed by atoms with Crippen LogP contribution < -0.4 is 15.5 Å². The molecule has 0 saturated carbocycles. The van der Waals surface area contributed by atoms with Crippen LogP contribution in [0.4, 0.5) is 11.4 Å². The Hall–Kier alpha value is -3.38. The topological polar surface area (TPSA) is 57.5 Å². The third-order valence-corrected chi connectivity index (χ3v) is 5.80. The van der Waals surface area contributed by atoms with Gasteiger partial charge in [0.2, 0.25) is 5.91 Å². The highest BCUT2D eigenvalue weighted by Crippen LogP contribution is 2.29. The van der Waals surface area contributed by atoms with Gasteiger partial charge in [0, 0.05) is 24.7 Å². The first-order valence-electron chi connectivity index (χ1n) is 10.9. The monoisotopic (exact) mass is 445 g/mol. The molecule has 6 heteroatoms. The number of carbonyl (C=O) groups excluding carboxylic acids is 1. The molecule has 1 aromatic heterocycles. The summed E-state index contributed by atoms with van der Waals surface area (Å²) in [6.45, 7) is 4.34. The first kappa shape index (κ1) is 21.8. The number of para-hydroxylation sites is 2. The van der Waals surface area contributed by atoms with Gasteiger partial charge in [-0.3, -0.25) is 10.1 Å². The second-order valence-electron chi connectivity index (χ2n) is 8.03. The summed E-state index contributed by atoms with van der Waals surface area (Å²) < 4.78 is 5.79. The molecule has 0 unspecified atom stereocenters. The highest BCUT2D eigenvalue weighted by atomic mass is 32.1. The SMILES string of the molecule is CC1CCN(c2ccccc2NC(=S)NC(=O)C=Cc2ccc(-c3ccccc3)o2)CC1. The smallest absolute Gasteiger partial charge is 0.250 e. The number of piperidine rings is 1. The zero-order valence-electron chi connectivity index (χ0n) is 18.1. The molecule has 1 aliphatic rings. The number of furan rings is 1. The van der Waals surface area contributed by atoms with E-state index in [0.717, 1.165) is 41.7 Å². The molecule has 0 aliphatic carbocycles. The van der Waals surface area contributed by atoms with Gasteiger partial charge in [0.25, 0.3) is 0 Å². The van der Waals surface area contributed by atoms with Gasteiger partial charge in [0.1, 0.15) is 11.5 Å². The van der Waals surface area contributed by atoms with Crippen molar-refractivity contribution in [2.45, 2.75) is 19.8 Å². The summed E-state index contributed by atoms with van der Waals surface area (Å²) in [4.78, 5) is 14.7. The normalized spacial score (nSPS) is 14.5. The Morgan fingerprint density at radius 1 is 1.03 bits per heavy atom. The van der Waals surface area contributed by atoms with Gasteiger partial charge in [-0.1, -0.05) is 49.4 Å². The van der Waals surface area contributed by atoms with Gasteiger partial charge in [0.15, 0.2) is 5.11 Å². The predicted molar refractivity (Wildman–Crippen MR) is 135 cm³/mol. The minimum atomic E-state index is -0.315. The standard InChI is InChI=1S/C26H27N3O2S/c1-19-15-17-29(18-16-19)23-10-6-5-9-22(23)27-26(32)28-25(30)14-12-21-11-13-24(31-21)20-7-3-2-4-8-20/h2-14,19H,15-18H2,1H3,(H2,27,28,30,32). The lowest BCUT2D eigenvalue weighted by Crippen LogP contribution is -2.35. The Kier molecular flexibility index (Phi) is 7.02. The fraction of sp³-hybridized carbons (Fsp3) is 0.231. The van der Waals surface area contributed by atoms with E-state index in [1.807, 2.05) is 60.7 Å². The number of hydrogen-bond acceptors (Lipinski definition) is 4. The number of anilines is 2. The lowest BCUT2D eigenvalue weighted by atomic mass is 9.98. The van der Waals surface area contributed by atoms with Crippen LogP contribution in [0.3, 0.4) is 0 Å². The first-order chi connectivity index (χ1) is 15.6. The summed E-state index contributed by atoms with van der Waals surface area (Å²) in [5.74, 6) is 1.80. The summed E-state index contributed by atoms with van der Waals surface area (Å²) in [5, 5.41) is 6.15. The number of benzene rings is 2. The van der Waals surface area contributed by atoms with Crippen molar-refractivity contribution in [1.82, 2.24) is 5.32 Å². The van der Waals surface area contributed by atoms with Gasteiger partial charge in [0.05, 0.1) is 11.4 Å². The zero-order chi connectivity index (χ0) is 22.3. The summed E-state index contributed by atoms with van der Waals surface area (Å²) in [7, 11) is 0. The number of nitrogens with one attached hydrogen (secondary N) is 2. The maximum absolute atomic E-state index is 12.3. The number of nitrogens with zero attached hydrogens (tertiary/aromatic N) is 1. The number of thiocarbonyl (C=S) groups is 1. The van der Waals surface area contributed by atoms with Crippen molar-refractivity contribution in [3.05, 3.63) is 78.6 Å². The van der Waals surface area contributed by atoms with Crippen LogP contribution in [0.15, 0.2) is 77.2 Å².